The topological polar surface area (TPSA) is 264 Å². The first-order chi connectivity index (χ1) is 31.3. The van der Waals surface area contributed by atoms with Gasteiger partial charge in [0, 0.05) is 55.5 Å². The van der Waals surface area contributed by atoms with E-state index in [-0.39, 0.29) is 43.0 Å². The lowest BCUT2D eigenvalue weighted by atomic mass is 9.44. The van der Waals surface area contributed by atoms with Gasteiger partial charge in [-0.2, -0.15) is 5.90 Å². The first kappa shape index (κ1) is 51.1. The lowest BCUT2D eigenvalue weighted by molar-refractivity contribution is -0.464. The van der Waals surface area contributed by atoms with Crippen LogP contribution in [0.15, 0.2) is 71.8 Å². The number of aliphatic hydroxyl groups excluding tert-OH is 2. The summed E-state index contributed by atoms with van der Waals surface area (Å²) in [6.45, 7) is 8.59. The maximum absolute atomic E-state index is 15.1. The SMILES string of the molecule is CC(=O)O[C@@]12COC1CC(O)C1(C)C(=O)C(O)C3=C(C)C(OC(=O)C(OC(=O)COCCOCCCSOOON)C(C)c4ccccc4)C[C@](O)(C(OC(=O)c4ccccc4)C12)C3(C)C. The second-order valence-electron chi connectivity index (χ2n) is 17.8. The van der Waals surface area contributed by atoms with E-state index in [2.05, 4.69) is 14.4 Å². The van der Waals surface area contributed by atoms with Gasteiger partial charge in [0.25, 0.3) is 0 Å². The van der Waals surface area contributed by atoms with E-state index in [0.717, 1.165) is 19.0 Å². The quantitative estimate of drug-likeness (QED) is 0.0282. The average Bonchev–Trinajstić information content (AvgIpc) is 3.28. The summed E-state index contributed by atoms with van der Waals surface area (Å²) in [6.07, 6.45) is -9.41. The Kier molecular flexibility index (Phi) is 16.5. The van der Waals surface area contributed by atoms with Crippen molar-refractivity contribution in [3.8, 4) is 0 Å². The zero-order chi connectivity index (χ0) is 48.0. The zero-order valence-corrected chi connectivity index (χ0v) is 38.5. The summed E-state index contributed by atoms with van der Waals surface area (Å²) in [5, 5.41) is 41.9. The number of esters is 4. The molecule has 1 heterocycles. The van der Waals surface area contributed by atoms with Crippen molar-refractivity contribution in [2.24, 2.45) is 22.6 Å². The summed E-state index contributed by atoms with van der Waals surface area (Å²) in [5.41, 5.74) is -6.86. The average molecular weight is 946 g/mol. The Bertz CT molecular complexity index is 2090. The van der Waals surface area contributed by atoms with Gasteiger partial charge in [-0.15, -0.1) is 9.32 Å². The van der Waals surface area contributed by atoms with E-state index < -0.39 is 113 Å². The minimum atomic E-state index is -2.34. The highest BCUT2D eigenvalue weighted by molar-refractivity contribution is 7.94. The van der Waals surface area contributed by atoms with Crippen LogP contribution >= 0.6 is 12.0 Å². The molecule has 9 unspecified atom stereocenters. The summed E-state index contributed by atoms with van der Waals surface area (Å²) >= 11 is 0.962. The van der Waals surface area contributed by atoms with Gasteiger partial charge in [0.2, 0.25) is 6.10 Å². The lowest BCUT2D eigenvalue weighted by Gasteiger charge is -2.67. The van der Waals surface area contributed by atoms with Gasteiger partial charge in [-0.1, -0.05) is 69.3 Å². The zero-order valence-electron chi connectivity index (χ0n) is 37.7. The predicted molar refractivity (Wildman–Crippen MR) is 230 cm³/mol. The number of ether oxygens (including phenoxy) is 7. The van der Waals surface area contributed by atoms with Crippen LogP contribution in [-0.2, 0) is 66.7 Å². The van der Waals surface area contributed by atoms with Crippen molar-refractivity contribution >= 4 is 41.7 Å². The molecule has 0 spiro atoms. The molecule has 4 aliphatic rings. The third-order valence-corrected chi connectivity index (χ3v) is 14.3. The molecular formula is C46H59NO18S. The number of rotatable bonds is 20. The molecule has 66 heavy (non-hydrogen) atoms. The minimum Gasteiger partial charge on any atom is -0.455 e. The number of fused-ring (bicyclic) bond motifs is 5. The van der Waals surface area contributed by atoms with Crippen LogP contribution in [0.2, 0.25) is 0 Å². The summed E-state index contributed by atoms with van der Waals surface area (Å²) in [7, 11) is 0. The fourth-order valence-corrected chi connectivity index (χ4v) is 10.5. The second kappa shape index (κ2) is 21.3. The van der Waals surface area contributed by atoms with Crippen molar-refractivity contribution in [1.29, 1.82) is 0 Å². The van der Waals surface area contributed by atoms with Gasteiger partial charge in [0.15, 0.2) is 11.4 Å². The van der Waals surface area contributed by atoms with Crippen LogP contribution in [0.25, 0.3) is 0 Å². The Hall–Kier alpha value is -4.32. The van der Waals surface area contributed by atoms with Crippen molar-refractivity contribution in [3.05, 3.63) is 82.9 Å². The maximum Gasteiger partial charge on any atom is 0.348 e. The molecule has 3 fully saturated rings. The number of carbonyl (C=O) groups excluding carboxylic acids is 5. The molecule has 0 radical (unpaired) electrons. The molecule has 5 N–H and O–H groups in total. The molecule has 2 saturated carbocycles. The summed E-state index contributed by atoms with van der Waals surface area (Å²) in [4.78, 5) is 74.0. The number of nitrogens with two attached hydrogens (primary N) is 1. The first-order valence-electron chi connectivity index (χ1n) is 21.7. The number of benzene rings is 2. The van der Waals surface area contributed by atoms with Gasteiger partial charge >= 0.3 is 23.9 Å². The van der Waals surface area contributed by atoms with E-state index in [1.54, 1.807) is 76.2 Å². The third-order valence-electron chi connectivity index (χ3n) is 13.7. The Labute approximate surface area is 386 Å². The largest absolute Gasteiger partial charge is 0.455 e. The molecule has 19 nitrogen and oxygen atoms in total. The monoisotopic (exact) mass is 945 g/mol. The van der Waals surface area contributed by atoms with Crippen molar-refractivity contribution < 1.29 is 86.8 Å². The number of hydrogen-bond acceptors (Lipinski definition) is 20. The van der Waals surface area contributed by atoms with Crippen LogP contribution in [0.4, 0.5) is 0 Å². The molecule has 2 aromatic rings. The number of Topliss-reactive ketones (excluding diaryl/α,β-unsaturated/α-hetero) is 1. The van der Waals surface area contributed by atoms with E-state index in [9.17, 15) is 34.5 Å². The van der Waals surface area contributed by atoms with Crippen LogP contribution in [0.3, 0.4) is 0 Å². The second-order valence-corrected chi connectivity index (χ2v) is 18.6. The Balaban J connectivity index is 1.33. The number of hydrogen-bond donors (Lipinski definition) is 4. The van der Waals surface area contributed by atoms with Gasteiger partial charge in [-0.25, -0.2) is 14.4 Å². The fraction of sp³-hybridized carbons (Fsp3) is 0.587. The van der Waals surface area contributed by atoms with Crippen LogP contribution < -0.4 is 5.90 Å². The van der Waals surface area contributed by atoms with Crippen LogP contribution in [0.1, 0.15) is 82.6 Å². The van der Waals surface area contributed by atoms with E-state index in [0.29, 0.717) is 24.3 Å². The first-order valence-corrected chi connectivity index (χ1v) is 22.6. The van der Waals surface area contributed by atoms with Crippen LogP contribution in [0.5, 0.6) is 0 Å². The maximum atomic E-state index is 15.1. The normalized spacial score (nSPS) is 30.8. The molecule has 1 aliphatic heterocycles. The molecule has 11 atom stereocenters. The van der Waals surface area contributed by atoms with E-state index >= 15 is 4.79 Å². The molecule has 6 rings (SSSR count). The van der Waals surface area contributed by atoms with Crippen molar-refractivity contribution in [1.82, 2.24) is 0 Å². The molecular weight excluding hydrogens is 887 g/mol. The highest BCUT2D eigenvalue weighted by Crippen LogP contribution is 2.64. The predicted octanol–water partition coefficient (Wildman–Crippen LogP) is 3.17. The Morgan fingerprint density at radius 2 is 1.62 bits per heavy atom. The van der Waals surface area contributed by atoms with Crippen LogP contribution in [-0.4, -0.2) is 132 Å². The molecule has 0 aromatic heterocycles. The van der Waals surface area contributed by atoms with E-state index in [4.69, 9.17) is 39.1 Å². The molecule has 2 aromatic carbocycles. The summed E-state index contributed by atoms with van der Waals surface area (Å²) in [6, 6.07) is 16.7. The summed E-state index contributed by atoms with van der Waals surface area (Å²) in [5.74, 6) is -1.60. The lowest BCUT2D eigenvalue weighted by Crippen LogP contribution is -2.81. The van der Waals surface area contributed by atoms with Crippen molar-refractivity contribution in [2.45, 2.75) is 115 Å². The number of ketones is 1. The van der Waals surface area contributed by atoms with Gasteiger partial charge in [-0.3, -0.25) is 9.59 Å². The van der Waals surface area contributed by atoms with Gasteiger partial charge in [0.1, 0.15) is 36.6 Å². The third kappa shape index (κ3) is 9.95. The smallest absolute Gasteiger partial charge is 0.348 e. The fourth-order valence-electron chi connectivity index (χ4n) is 10.1. The Morgan fingerprint density at radius 1 is 0.955 bits per heavy atom. The standard InChI is InChI=1S/C46H59NO18S/c1-26(29-14-9-7-10-15-29)37(60-34(50)24-57-20-19-56-18-13-21-66-65-64-63-47)42(54)59-31-23-46(55)40(61-41(53)30-16-11-8-12-17-30)38-44(6,39(52)36(51)35(27(31)2)43(46,4)5)32(49)22-33-45(38,25-58-33)62-28(3)48/h7-12,14-17,26,31-33,36-38,40,49,51,55H,13,18-25,47H2,1-6H3/t26?,31?,32?,33?,36?,37?,38?,40?,44?,45-,46-/m0/s1. The van der Waals surface area contributed by atoms with Crippen LogP contribution in [0, 0.1) is 16.7 Å². The van der Waals surface area contributed by atoms with Gasteiger partial charge < -0.3 is 48.5 Å². The molecule has 3 aliphatic carbocycles. The summed E-state index contributed by atoms with van der Waals surface area (Å²) < 4.78 is 45.8. The molecule has 0 amide bonds. The number of carbonyl (C=O) groups is 5. The molecule has 2 bridgehead atoms. The van der Waals surface area contributed by atoms with Crippen molar-refractivity contribution in [2.75, 3.05) is 38.8 Å². The Morgan fingerprint density at radius 3 is 2.26 bits per heavy atom. The minimum absolute atomic E-state index is 0.0230. The van der Waals surface area contributed by atoms with Gasteiger partial charge in [0.05, 0.1) is 42.8 Å². The van der Waals surface area contributed by atoms with Gasteiger partial charge in [-0.05, 0) is 54.1 Å². The van der Waals surface area contributed by atoms with E-state index in [1.165, 1.54) is 19.1 Å². The highest BCUT2D eigenvalue weighted by atomic mass is 32.2. The highest BCUT2D eigenvalue weighted by Gasteiger charge is 2.78. The number of aliphatic hydroxyl groups is 3. The van der Waals surface area contributed by atoms with Crippen molar-refractivity contribution in [3.63, 3.8) is 0 Å². The molecule has 362 valence electrons. The van der Waals surface area contributed by atoms with E-state index in [1.807, 2.05) is 0 Å². The molecule has 20 heteroatoms. The molecule has 1 saturated heterocycles.